The SMILES string of the molecule is CCCC(CNc1nnc(C(F)(F)F)s1)C(=O)O. The Hall–Kier alpha value is -1.38. The lowest BCUT2D eigenvalue weighted by atomic mass is 10.0. The second-order valence-corrected chi connectivity index (χ2v) is 4.59. The molecule has 1 unspecified atom stereocenters. The molecular weight excluding hydrogens is 271 g/mol. The third-order valence-corrected chi connectivity index (χ3v) is 3.08. The van der Waals surface area contributed by atoms with Crippen molar-refractivity contribution in [3.8, 4) is 0 Å². The van der Waals surface area contributed by atoms with Gasteiger partial charge in [0.2, 0.25) is 10.1 Å². The number of alkyl halides is 3. The summed E-state index contributed by atoms with van der Waals surface area (Å²) in [5.74, 6) is -1.63. The summed E-state index contributed by atoms with van der Waals surface area (Å²) in [4.78, 5) is 10.8. The van der Waals surface area contributed by atoms with Crippen LogP contribution in [0.15, 0.2) is 0 Å². The fourth-order valence-corrected chi connectivity index (χ4v) is 1.90. The smallest absolute Gasteiger partial charge is 0.445 e. The molecule has 18 heavy (non-hydrogen) atoms. The Bertz CT molecular complexity index is 408. The molecule has 0 fully saturated rings. The maximum Gasteiger partial charge on any atom is 0.445 e. The molecular formula is C9H12F3N3O2S. The van der Waals surface area contributed by atoms with Gasteiger partial charge in [-0.3, -0.25) is 4.79 Å². The van der Waals surface area contributed by atoms with Gasteiger partial charge in [0.25, 0.3) is 0 Å². The highest BCUT2D eigenvalue weighted by atomic mass is 32.1. The first kappa shape index (κ1) is 14.7. The first-order chi connectivity index (χ1) is 8.34. The topological polar surface area (TPSA) is 75.1 Å². The van der Waals surface area contributed by atoms with Crippen molar-refractivity contribution in [2.75, 3.05) is 11.9 Å². The first-order valence-corrected chi connectivity index (χ1v) is 6.03. The number of nitrogens with one attached hydrogen (secondary N) is 1. The minimum absolute atomic E-state index is 0.0234. The fourth-order valence-electron chi connectivity index (χ4n) is 1.28. The first-order valence-electron chi connectivity index (χ1n) is 5.22. The normalized spacial score (nSPS) is 13.3. The van der Waals surface area contributed by atoms with Gasteiger partial charge in [0.05, 0.1) is 5.92 Å². The molecule has 0 bridgehead atoms. The summed E-state index contributed by atoms with van der Waals surface area (Å²) in [6.07, 6.45) is -3.39. The van der Waals surface area contributed by atoms with Crippen LogP contribution in [0, 0.1) is 5.92 Å². The van der Waals surface area contributed by atoms with Crippen LogP contribution >= 0.6 is 11.3 Å². The van der Waals surface area contributed by atoms with Gasteiger partial charge >= 0.3 is 12.1 Å². The van der Waals surface area contributed by atoms with Gasteiger partial charge in [0.1, 0.15) is 0 Å². The van der Waals surface area contributed by atoms with Crippen LogP contribution < -0.4 is 5.32 Å². The minimum atomic E-state index is -4.52. The van der Waals surface area contributed by atoms with Crippen LogP contribution in [0.4, 0.5) is 18.3 Å². The number of carboxylic acids is 1. The van der Waals surface area contributed by atoms with Gasteiger partial charge < -0.3 is 10.4 Å². The molecule has 5 nitrogen and oxygen atoms in total. The van der Waals surface area contributed by atoms with Gasteiger partial charge in [-0.2, -0.15) is 13.2 Å². The number of carbonyl (C=O) groups is 1. The highest BCUT2D eigenvalue weighted by molar-refractivity contribution is 7.15. The molecule has 2 N–H and O–H groups in total. The largest absolute Gasteiger partial charge is 0.481 e. The highest BCUT2D eigenvalue weighted by Crippen LogP contribution is 2.33. The Kier molecular flexibility index (Phi) is 4.88. The van der Waals surface area contributed by atoms with Crippen molar-refractivity contribution in [3.05, 3.63) is 5.01 Å². The Morgan fingerprint density at radius 3 is 2.61 bits per heavy atom. The van der Waals surface area contributed by atoms with Crippen molar-refractivity contribution in [2.45, 2.75) is 25.9 Å². The molecule has 0 aliphatic rings. The lowest BCUT2D eigenvalue weighted by molar-refractivity contribution is -0.141. The molecule has 1 aromatic heterocycles. The number of hydrogen-bond donors (Lipinski definition) is 2. The number of aliphatic carboxylic acids is 1. The number of hydrogen-bond acceptors (Lipinski definition) is 5. The van der Waals surface area contributed by atoms with E-state index in [9.17, 15) is 18.0 Å². The van der Waals surface area contributed by atoms with Crippen LogP contribution in [0.1, 0.15) is 24.8 Å². The van der Waals surface area contributed by atoms with E-state index in [1.807, 2.05) is 6.92 Å². The molecule has 1 heterocycles. The summed E-state index contributed by atoms with van der Waals surface area (Å²) in [5.41, 5.74) is 0. The lowest BCUT2D eigenvalue weighted by Crippen LogP contribution is -2.22. The zero-order chi connectivity index (χ0) is 13.8. The number of aromatic nitrogens is 2. The second kappa shape index (κ2) is 5.98. The van der Waals surface area contributed by atoms with Crippen LogP contribution in [0.5, 0.6) is 0 Å². The van der Waals surface area contributed by atoms with Crippen LogP contribution in [0.2, 0.25) is 0 Å². The van der Waals surface area contributed by atoms with Crippen molar-refractivity contribution < 1.29 is 23.1 Å². The predicted molar refractivity (Wildman–Crippen MR) is 59.4 cm³/mol. The minimum Gasteiger partial charge on any atom is -0.481 e. The zero-order valence-corrected chi connectivity index (χ0v) is 10.3. The summed E-state index contributed by atoms with van der Waals surface area (Å²) in [5, 5.41) is 16.7. The monoisotopic (exact) mass is 283 g/mol. The molecule has 0 amide bonds. The number of rotatable bonds is 6. The molecule has 0 saturated heterocycles. The number of nitrogens with zero attached hydrogens (tertiary/aromatic N) is 2. The summed E-state index contributed by atoms with van der Waals surface area (Å²) < 4.78 is 36.7. The standard InChI is InChI=1S/C9H12F3N3O2S/c1-2-3-5(6(16)17)4-13-8-15-14-7(18-8)9(10,11)12/h5H,2-4H2,1H3,(H,13,15)(H,16,17). The van der Waals surface area contributed by atoms with Crippen molar-refractivity contribution in [3.63, 3.8) is 0 Å². The van der Waals surface area contributed by atoms with E-state index in [-0.39, 0.29) is 11.7 Å². The van der Waals surface area contributed by atoms with Gasteiger partial charge in [-0.15, -0.1) is 10.2 Å². The van der Waals surface area contributed by atoms with Crippen LogP contribution in [-0.4, -0.2) is 27.8 Å². The summed E-state index contributed by atoms with van der Waals surface area (Å²) in [7, 11) is 0. The number of carboxylic acid groups (broad SMARTS) is 1. The van der Waals surface area contributed by atoms with Crippen molar-refractivity contribution in [1.82, 2.24) is 10.2 Å². The molecule has 1 rings (SSSR count). The van der Waals surface area contributed by atoms with Crippen molar-refractivity contribution >= 4 is 22.4 Å². The Morgan fingerprint density at radius 2 is 2.17 bits per heavy atom. The third-order valence-electron chi connectivity index (χ3n) is 2.15. The molecule has 1 atom stereocenters. The van der Waals surface area contributed by atoms with Gasteiger partial charge in [0, 0.05) is 6.54 Å². The van der Waals surface area contributed by atoms with Gasteiger partial charge in [-0.1, -0.05) is 24.7 Å². The van der Waals surface area contributed by atoms with Gasteiger partial charge in [-0.25, -0.2) is 0 Å². The molecule has 0 aromatic carbocycles. The summed E-state index contributed by atoms with van der Waals surface area (Å²) in [6, 6.07) is 0. The average molecular weight is 283 g/mol. The van der Waals surface area contributed by atoms with E-state index in [0.29, 0.717) is 24.2 Å². The van der Waals surface area contributed by atoms with E-state index >= 15 is 0 Å². The van der Waals surface area contributed by atoms with Crippen molar-refractivity contribution in [1.29, 1.82) is 0 Å². The fraction of sp³-hybridized carbons (Fsp3) is 0.667. The van der Waals surface area contributed by atoms with Crippen LogP contribution in [0.25, 0.3) is 0 Å². The van der Waals surface area contributed by atoms with E-state index in [4.69, 9.17) is 5.11 Å². The second-order valence-electron chi connectivity index (χ2n) is 3.61. The van der Waals surface area contributed by atoms with Gasteiger partial charge in [0.15, 0.2) is 0 Å². The Morgan fingerprint density at radius 1 is 1.50 bits per heavy atom. The molecule has 0 spiro atoms. The Labute approximate surface area is 105 Å². The number of halogens is 3. The quantitative estimate of drug-likeness (QED) is 0.838. The van der Waals surface area contributed by atoms with Crippen molar-refractivity contribution in [2.24, 2.45) is 5.92 Å². The summed E-state index contributed by atoms with van der Waals surface area (Å²) in [6.45, 7) is 1.87. The van der Waals surface area contributed by atoms with E-state index in [1.54, 1.807) is 0 Å². The number of anilines is 1. The summed E-state index contributed by atoms with van der Waals surface area (Å²) >= 11 is 0.360. The van der Waals surface area contributed by atoms with Gasteiger partial charge in [-0.05, 0) is 6.42 Å². The predicted octanol–water partition coefficient (Wildman–Crippen LogP) is 2.47. The van der Waals surface area contributed by atoms with E-state index in [1.165, 1.54) is 0 Å². The van der Waals surface area contributed by atoms with Crippen LogP contribution in [0.3, 0.4) is 0 Å². The lowest BCUT2D eigenvalue weighted by Gasteiger charge is -2.10. The maximum absolute atomic E-state index is 12.2. The molecule has 0 radical (unpaired) electrons. The van der Waals surface area contributed by atoms with E-state index in [2.05, 4.69) is 15.5 Å². The molecule has 0 aliphatic carbocycles. The molecule has 1 aromatic rings. The third kappa shape index (κ3) is 4.13. The zero-order valence-electron chi connectivity index (χ0n) is 9.49. The molecule has 9 heteroatoms. The highest BCUT2D eigenvalue weighted by Gasteiger charge is 2.35. The Balaban J connectivity index is 2.57. The van der Waals surface area contributed by atoms with E-state index < -0.39 is 23.1 Å². The molecule has 0 saturated carbocycles. The average Bonchev–Trinajstić information content (AvgIpc) is 2.71. The molecule has 0 aliphatic heterocycles. The van der Waals surface area contributed by atoms with E-state index in [0.717, 1.165) is 0 Å². The van der Waals surface area contributed by atoms with Crippen LogP contribution in [-0.2, 0) is 11.0 Å². The molecule has 102 valence electrons. The maximum atomic E-state index is 12.2.